The summed E-state index contributed by atoms with van der Waals surface area (Å²) in [6.07, 6.45) is 10.5. The van der Waals surface area contributed by atoms with E-state index in [1.165, 1.54) is 0 Å². The van der Waals surface area contributed by atoms with Crippen molar-refractivity contribution in [1.82, 2.24) is 29.2 Å². The summed E-state index contributed by atoms with van der Waals surface area (Å²) < 4.78 is 3.65. The van der Waals surface area contributed by atoms with Crippen molar-refractivity contribution in [2.24, 2.45) is 7.05 Å². The third-order valence-corrected chi connectivity index (χ3v) is 3.52. The lowest BCUT2D eigenvalue weighted by atomic mass is 10.1. The molecular formula is C15H18N6O. The summed E-state index contributed by atoms with van der Waals surface area (Å²) in [5.74, 6) is 1.14. The number of nitrogens with one attached hydrogen (secondary N) is 1. The van der Waals surface area contributed by atoms with Gasteiger partial charge in [-0.1, -0.05) is 13.3 Å². The van der Waals surface area contributed by atoms with Gasteiger partial charge in [-0.15, -0.1) is 0 Å². The van der Waals surface area contributed by atoms with E-state index in [4.69, 9.17) is 0 Å². The molecular weight excluding hydrogens is 280 g/mol. The number of fused-ring (bicyclic) bond motifs is 1. The highest BCUT2D eigenvalue weighted by Gasteiger charge is 2.20. The van der Waals surface area contributed by atoms with E-state index in [1.807, 2.05) is 24.0 Å². The average molecular weight is 298 g/mol. The zero-order valence-corrected chi connectivity index (χ0v) is 12.6. The number of amides is 1. The highest BCUT2D eigenvalue weighted by Crippen LogP contribution is 2.17. The van der Waals surface area contributed by atoms with Crippen molar-refractivity contribution in [1.29, 1.82) is 0 Å². The van der Waals surface area contributed by atoms with Gasteiger partial charge in [0.2, 0.25) is 5.78 Å². The molecule has 0 aliphatic carbocycles. The zero-order valence-electron chi connectivity index (χ0n) is 12.6. The van der Waals surface area contributed by atoms with Crippen molar-refractivity contribution >= 4 is 11.7 Å². The number of rotatable bonds is 5. The Labute approximate surface area is 128 Å². The molecule has 0 bridgehead atoms. The molecule has 3 rings (SSSR count). The van der Waals surface area contributed by atoms with Gasteiger partial charge in [0, 0.05) is 38.0 Å². The second kappa shape index (κ2) is 5.97. The predicted octanol–water partition coefficient (Wildman–Crippen LogP) is 1.73. The normalized spacial score (nSPS) is 12.5. The smallest absolute Gasteiger partial charge is 0.272 e. The van der Waals surface area contributed by atoms with Gasteiger partial charge in [0.1, 0.15) is 11.5 Å². The Morgan fingerprint density at radius 1 is 1.32 bits per heavy atom. The second-order valence-corrected chi connectivity index (χ2v) is 5.16. The number of carbonyl (C=O) groups is 1. The lowest BCUT2D eigenvalue weighted by Gasteiger charge is -2.17. The Morgan fingerprint density at radius 3 is 2.86 bits per heavy atom. The van der Waals surface area contributed by atoms with Crippen molar-refractivity contribution in [3.63, 3.8) is 0 Å². The quantitative estimate of drug-likeness (QED) is 0.778. The first-order chi connectivity index (χ1) is 10.7. The lowest BCUT2D eigenvalue weighted by Crippen LogP contribution is -2.30. The fraction of sp³-hybridized carbons (Fsp3) is 0.333. The Hall–Kier alpha value is -2.70. The summed E-state index contributed by atoms with van der Waals surface area (Å²) in [7, 11) is 1.92. The largest absolute Gasteiger partial charge is 0.341 e. The molecule has 0 aliphatic rings. The summed E-state index contributed by atoms with van der Waals surface area (Å²) >= 11 is 0. The molecule has 0 radical (unpaired) electrons. The molecule has 0 aliphatic heterocycles. The van der Waals surface area contributed by atoms with E-state index in [0.29, 0.717) is 11.5 Å². The number of imidazole rings is 2. The van der Waals surface area contributed by atoms with Crippen LogP contribution in [0.25, 0.3) is 5.78 Å². The van der Waals surface area contributed by atoms with Crippen LogP contribution in [0.3, 0.4) is 0 Å². The Balaban J connectivity index is 1.83. The first-order valence-electron chi connectivity index (χ1n) is 7.27. The molecule has 3 heterocycles. The van der Waals surface area contributed by atoms with Crippen molar-refractivity contribution in [2.45, 2.75) is 25.8 Å². The van der Waals surface area contributed by atoms with Gasteiger partial charge in [0.15, 0.2) is 0 Å². The number of aryl methyl sites for hydroxylation is 1. The molecule has 114 valence electrons. The highest BCUT2D eigenvalue weighted by atomic mass is 16.2. The van der Waals surface area contributed by atoms with Crippen molar-refractivity contribution in [2.75, 3.05) is 0 Å². The lowest BCUT2D eigenvalue weighted by molar-refractivity contribution is 0.0927. The number of hydrogen-bond donors (Lipinski definition) is 1. The van der Waals surface area contributed by atoms with Gasteiger partial charge in [-0.3, -0.25) is 9.20 Å². The standard InChI is InChI=1S/C15H18N6O/c1-3-5-11(13-16-7-9-20(13)2)18-14(22)12-10-21-8-4-6-17-15(21)19-12/h4,6-11H,3,5H2,1-2H3,(H,18,22). The minimum absolute atomic E-state index is 0.129. The van der Waals surface area contributed by atoms with Crippen LogP contribution in [-0.2, 0) is 7.05 Å². The SMILES string of the molecule is CCCC(NC(=O)c1cn2cccnc2n1)c1nccn1C. The van der Waals surface area contributed by atoms with Gasteiger partial charge < -0.3 is 9.88 Å². The molecule has 0 spiro atoms. The van der Waals surface area contributed by atoms with Crippen LogP contribution in [-0.4, -0.2) is 29.8 Å². The fourth-order valence-electron chi connectivity index (χ4n) is 2.44. The summed E-state index contributed by atoms with van der Waals surface area (Å²) in [5, 5.41) is 3.01. The van der Waals surface area contributed by atoms with E-state index in [2.05, 4.69) is 27.2 Å². The van der Waals surface area contributed by atoms with E-state index < -0.39 is 0 Å². The van der Waals surface area contributed by atoms with Crippen LogP contribution in [0.2, 0.25) is 0 Å². The molecule has 7 heteroatoms. The van der Waals surface area contributed by atoms with Crippen LogP contribution in [0.4, 0.5) is 0 Å². The maximum absolute atomic E-state index is 12.5. The maximum atomic E-state index is 12.5. The number of nitrogens with zero attached hydrogens (tertiary/aromatic N) is 5. The molecule has 1 unspecified atom stereocenters. The zero-order chi connectivity index (χ0) is 15.5. The summed E-state index contributed by atoms with van der Waals surface area (Å²) in [4.78, 5) is 25.2. The molecule has 0 fully saturated rings. The molecule has 0 saturated heterocycles. The van der Waals surface area contributed by atoms with E-state index in [9.17, 15) is 4.79 Å². The van der Waals surface area contributed by atoms with Gasteiger partial charge in [0.05, 0.1) is 6.04 Å². The maximum Gasteiger partial charge on any atom is 0.272 e. The van der Waals surface area contributed by atoms with Gasteiger partial charge >= 0.3 is 0 Å². The molecule has 3 aromatic heterocycles. The van der Waals surface area contributed by atoms with Crippen molar-refractivity contribution in [3.05, 3.63) is 48.6 Å². The highest BCUT2D eigenvalue weighted by molar-refractivity contribution is 5.92. The second-order valence-electron chi connectivity index (χ2n) is 5.16. The van der Waals surface area contributed by atoms with Crippen LogP contribution in [0.1, 0.15) is 42.1 Å². The van der Waals surface area contributed by atoms with Crippen LogP contribution < -0.4 is 5.32 Å². The summed E-state index contributed by atoms with van der Waals surface area (Å²) in [6.45, 7) is 2.08. The van der Waals surface area contributed by atoms with E-state index in [-0.39, 0.29) is 11.9 Å². The average Bonchev–Trinajstić information content (AvgIpc) is 3.12. The van der Waals surface area contributed by atoms with Crippen molar-refractivity contribution in [3.8, 4) is 0 Å². The topological polar surface area (TPSA) is 77.1 Å². The molecule has 0 saturated carbocycles. The summed E-state index contributed by atoms with van der Waals surface area (Å²) in [5.41, 5.74) is 0.356. The van der Waals surface area contributed by atoms with Crippen molar-refractivity contribution < 1.29 is 4.79 Å². The first-order valence-corrected chi connectivity index (χ1v) is 7.27. The van der Waals surface area contributed by atoms with E-state index >= 15 is 0 Å². The van der Waals surface area contributed by atoms with E-state index in [1.54, 1.807) is 29.1 Å². The molecule has 22 heavy (non-hydrogen) atoms. The number of carbonyl (C=O) groups excluding carboxylic acids is 1. The van der Waals surface area contributed by atoms with Gasteiger partial charge in [0.25, 0.3) is 5.91 Å². The van der Waals surface area contributed by atoms with E-state index in [0.717, 1.165) is 18.7 Å². The predicted molar refractivity (Wildman–Crippen MR) is 81.3 cm³/mol. The monoisotopic (exact) mass is 298 g/mol. The fourth-order valence-corrected chi connectivity index (χ4v) is 2.44. The molecule has 1 N–H and O–H groups in total. The molecule has 3 aromatic rings. The minimum atomic E-state index is -0.216. The summed E-state index contributed by atoms with van der Waals surface area (Å²) in [6, 6.07) is 1.67. The molecule has 0 aromatic carbocycles. The van der Waals surface area contributed by atoms with Crippen LogP contribution in [0.5, 0.6) is 0 Å². The van der Waals surface area contributed by atoms with Gasteiger partial charge in [-0.2, -0.15) is 0 Å². The van der Waals surface area contributed by atoms with Crippen LogP contribution >= 0.6 is 0 Å². The first kappa shape index (κ1) is 14.2. The molecule has 7 nitrogen and oxygen atoms in total. The van der Waals surface area contributed by atoms with Crippen LogP contribution in [0, 0.1) is 0 Å². The Bertz CT molecular complexity index is 757. The minimum Gasteiger partial charge on any atom is -0.341 e. The Kier molecular flexibility index (Phi) is 3.86. The van der Waals surface area contributed by atoms with Crippen LogP contribution in [0.15, 0.2) is 37.1 Å². The third-order valence-electron chi connectivity index (χ3n) is 3.52. The van der Waals surface area contributed by atoms with Gasteiger partial charge in [-0.05, 0) is 12.5 Å². The molecule has 1 amide bonds. The van der Waals surface area contributed by atoms with Gasteiger partial charge in [-0.25, -0.2) is 15.0 Å². The Morgan fingerprint density at radius 2 is 2.18 bits per heavy atom. The number of hydrogen-bond acceptors (Lipinski definition) is 4. The number of aromatic nitrogens is 5. The molecule has 1 atom stereocenters. The third kappa shape index (κ3) is 2.69.